The highest BCUT2D eigenvalue weighted by molar-refractivity contribution is 7.15. The van der Waals surface area contributed by atoms with Crippen LogP contribution in [0.15, 0.2) is 6.07 Å². The lowest BCUT2D eigenvalue weighted by molar-refractivity contribution is -0.137. The zero-order valence-electron chi connectivity index (χ0n) is 10.4. The van der Waals surface area contributed by atoms with Crippen molar-refractivity contribution in [2.24, 2.45) is 0 Å². The maximum Gasteiger partial charge on any atom is 0.325 e. The molecule has 0 aliphatic heterocycles. The third-order valence-corrected chi connectivity index (χ3v) is 4.52. The van der Waals surface area contributed by atoms with Crippen molar-refractivity contribution in [3.05, 3.63) is 16.5 Å². The molecule has 2 aromatic rings. The number of carbonyl (C=O) groups is 1. The van der Waals surface area contributed by atoms with Crippen molar-refractivity contribution in [1.82, 2.24) is 20.2 Å². The van der Waals surface area contributed by atoms with Gasteiger partial charge in [-0.15, -0.1) is 16.4 Å². The van der Waals surface area contributed by atoms with Crippen molar-refractivity contribution in [3.63, 3.8) is 0 Å². The molecule has 0 saturated carbocycles. The molecule has 2 heterocycles. The molecule has 0 radical (unpaired) electrons. The van der Waals surface area contributed by atoms with Gasteiger partial charge in [-0.05, 0) is 47.7 Å². The fourth-order valence-corrected chi connectivity index (χ4v) is 3.64. The Balaban J connectivity index is 1.94. The van der Waals surface area contributed by atoms with Crippen LogP contribution in [0.2, 0.25) is 0 Å². The van der Waals surface area contributed by atoms with E-state index in [0.717, 1.165) is 17.7 Å². The van der Waals surface area contributed by atoms with E-state index in [-0.39, 0.29) is 6.54 Å². The monoisotopic (exact) mass is 278 g/mol. The molecule has 0 unspecified atom stereocenters. The number of hydrogen-bond donors (Lipinski definition) is 1. The Kier molecular flexibility index (Phi) is 3.29. The van der Waals surface area contributed by atoms with E-state index in [4.69, 9.17) is 5.11 Å². The van der Waals surface area contributed by atoms with Crippen LogP contribution in [0.3, 0.4) is 0 Å². The average Bonchev–Trinajstić information content (AvgIpc) is 2.91. The molecule has 0 atom stereocenters. The summed E-state index contributed by atoms with van der Waals surface area (Å²) in [6.07, 6.45) is 5.95. The molecular formula is C12H14N4O2S. The molecule has 0 spiro atoms. The van der Waals surface area contributed by atoms with Crippen LogP contribution >= 0.6 is 11.3 Å². The van der Waals surface area contributed by atoms with Crippen LogP contribution in [-0.2, 0) is 24.2 Å². The molecule has 1 aliphatic carbocycles. The summed E-state index contributed by atoms with van der Waals surface area (Å²) in [4.78, 5) is 13.1. The van der Waals surface area contributed by atoms with Crippen molar-refractivity contribution in [3.8, 4) is 10.7 Å². The Morgan fingerprint density at radius 2 is 2.21 bits per heavy atom. The fourth-order valence-electron chi connectivity index (χ4n) is 2.39. The minimum atomic E-state index is -0.938. The molecule has 0 fully saturated rings. The van der Waals surface area contributed by atoms with Crippen LogP contribution in [0.1, 0.15) is 29.7 Å². The van der Waals surface area contributed by atoms with Crippen LogP contribution in [0.5, 0.6) is 0 Å². The number of aliphatic carboxylic acids is 1. The molecule has 6 nitrogen and oxygen atoms in total. The molecule has 0 saturated heterocycles. The Labute approximate surface area is 114 Å². The van der Waals surface area contributed by atoms with Crippen LogP contribution in [-0.4, -0.2) is 31.3 Å². The van der Waals surface area contributed by atoms with Gasteiger partial charge in [0.05, 0.1) is 4.88 Å². The minimum absolute atomic E-state index is 0.203. The van der Waals surface area contributed by atoms with Crippen molar-refractivity contribution >= 4 is 17.3 Å². The molecule has 2 aromatic heterocycles. The molecule has 19 heavy (non-hydrogen) atoms. The van der Waals surface area contributed by atoms with E-state index in [1.165, 1.54) is 34.4 Å². The maximum absolute atomic E-state index is 10.8. The molecular weight excluding hydrogens is 264 g/mol. The number of rotatable bonds is 3. The Morgan fingerprint density at radius 3 is 3.05 bits per heavy atom. The maximum atomic E-state index is 10.8. The Bertz CT molecular complexity index is 581. The number of hydrogen-bond acceptors (Lipinski definition) is 5. The first-order valence-electron chi connectivity index (χ1n) is 6.34. The molecule has 0 amide bonds. The SMILES string of the molecule is O=C(O)Cn1nnnc1-c1cc2c(s1)CCCCC2. The van der Waals surface area contributed by atoms with E-state index in [0.29, 0.717) is 5.82 Å². The van der Waals surface area contributed by atoms with E-state index in [2.05, 4.69) is 21.6 Å². The molecule has 100 valence electrons. The lowest BCUT2D eigenvalue weighted by atomic mass is 10.1. The first-order chi connectivity index (χ1) is 9.24. The molecule has 1 N–H and O–H groups in total. The van der Waals surface area contributed by atoms with Crippen LogP contribution < -0.4 is 0 Å². The average molecular weight is 278 g/mol. The fraction of sp³-hybridized carbons (Fsp3) is 0.500. The predicted molar refractivity (Wildman–Crippen MR) is 70.0 cm³/mol. The van der Waals surface area contributed by atoms with Gasteiger partial charge in [-0.3, -0.25) is 4.79 Å². The summed E-state index contributed by atoms with van der Waals surface area (Å²) in [7, 11) is 0. The quantitative estimate of drug-likeness (QED) is 0.865. The molecule has 3 rings (SSSR count). The van der Waals surface area contributed by atoms with Gasteiger partial charge < -0.3 is 5.11 Å². The summed E-state index contributed by atoms with van der Waals surface area (Å²) in [6.45, 7) is -0.203. The van der Waals surface area contributed by atoms with Crippen LogP contribution in [0, 0.1) is 0 Å². The van der Waals surface area contributed by atoms with Gasteiger partial charge >= 0.3 is 5.97 Å². The number of thiophene rings is 1. The van der Waals surface area contributed by atoms with E-state index in [9.17, 15) is 4.79 Å². The largest absolute Gasteiger partial charge is 0.480 e. The number of carboxylic acid groups (broad SMARTS) is 1. The summed E-state index contributed by atoms with van der Waals surface area (Å²) in [6, 6.07) is 2.12. The van der Waals surface area contributed by atoms with Crippen LogP contribution in [0.25, 0.3) is 10.7 Å². The van der Waals surface area contributed by atoms with E-state index >= 15 is 0 Å². The van der Waals surface area contributed by atoms with Crippen molar-refractivity contribution in [2.45, 2.75) is 38.6 Å². The van der Waals surface area contributed by atoms with Gasteiger partial charge in [0.1, 0.15) is 6.54 Å². The summed E-state index contributed by atoms with van der Waals surface area (Å²) in [5, 5.41) is 20.1. The van der Waals surface area contributed by atoms with Gasteiger partial charge in [-0.2, -0.15) is 0 Å². The first kappa shape index (κ1) is 12.3. The predicted octanol–water partition coefficient (Wildman–Crippen LogP) is 1.76. The molecule has 0 bridgehead atoms. The minimum Gasteiger partial charge on any atom is -0.480 e. The summed E-state index contributed by atoms with van der Waals surface area (Å²) >= 11 is 1.69. The second-order valence-corrected chi connectivity index (χ2v) is 5.81. The Morgan fingerprint density at radius 1 is 1.37 bits per heavy atom. The standard InChI is InChI=1S/C12H14N4O2S/c17-11(18)7-16-12(13-14-15-16)10-6-8-4-2-1-3-5-9(8)19-10/h6H,1-5,7H2,(H,17,18). The zero-order valence-corrected chi connectivity index (χ0v) is 11.2. The summed E-state index contributed by atoms with van der Waals surface area (Å²) < 4.78 is 1.34. The van der Waals surface area contributed by atoms with Gasteiger partial charge in [-0.25, -0.2) is 4.68 Å². The van der Waals surface area contributed by atoms with Gasteiger partial charge in [0, 0.05) is 4.88 Å². The highest BCUT2D eigenvalue weighted by atomic mass is 32.1. The Hall–Kier alpha value is -1.76. The summed E-state index contributed by atoms with van der Waals surface area (Å²) in [5.74, 6) is -0.382. The lowest BCUT2D eigenvalue weighted by Gasteiger charge is -1.98. The smallest absolute Gasteiger partial charge is 0.325 e. The number of aromatic nitrogens is 4. The van der Waals surface area contributed by atoms with Gasteiger partial charge in [0.25, 0.3) is 0 Å². The van der Waals surface area contributed by atoms with E-state index < -0.39 is 5.97 Å². The van der Waals surface area contributed by atoms with Gasteiger partial charge in [0.15, 0.2) is 5.82 Å². The van der Waals surface area contributed by atoms with Crippen molar-refractivity contribution < 1.29 is 9.90 Å². The first-order valence-corrected chi connectivity index (χ1v) is 7.15. The lowest BCUT2D eigenvalue weighted by Crippen LogP contribution is -2.11. The number of nitrogens with zero attached hydrogens (tertiary/aromatic N) is 4. The normalized spacial score (nSPS) is 14.9. The third kappa shape index (κ3) is 2.51. The topological polar surface area (TPSA) is 80.9 Å². The molecule has 1 aliphatic rings. The van der Waals surface area contributed by atoms with Gasteiger partial charge in [-0.1, -0.05) is 6.42 Å². The second-order valence-electron chi connectivity index (χ2n) is 4.67. The number of tetrazole rings is 1. The third-order valence-electron chi connectivity index (χ3n) is 3.28. The summed E-state index contributed by atoms with van der Waals surface area (Å²) in [5.41, 5.74) is 1.38. The van der Waals surface area contributed by atoms with Crippen LogP contribution in [0.4, 0.5) is 0 Å². The van der Waals surface area contributed by atoms with Gasteiger partial charge in [0.2, 0.25) is 0 Å². The highest BCUT2D eigenvalue weighted by Crippen LogP contribution is 2.33. The van der Waals surface area contributed by atoms with E-state index in [1.807, 2.05) is 0 Å². The van der Waals surface area contributed by atoms with E-state index in [1.54, 1.807) is 11.3 Å². The van der Waals surface area contributed by atoms with Crippen molar-refractivity contribution in [2.75, 3.05) is 0 Å². The molecule has 7 heteroatoms. The zero-order chi connectivity index (χ0) is 13.2. The number of carboxylic acids is 1. The van der Waals surface area contributed by atoms with Crippen molar-refractivity contribution in [1.29, 1.82) is 0 Å². The molecule has 0 aromatic carbocycles. The number of aryl methyl sites for hydroxylation is 2. The highest BCUT2D eigenvalue weighted by Gasteiger charge is 2.18. The number of fused-ring (bicyclic) bond motifs is 1. The second kappa shape index (κ2) is 5.08.